The molecular formula is C12H14INO2. The van der Waals surface area contributed by atoms with E-state index in [1.165, 1.54) is 16.2 Å². The van der Waals surface area contributed by atoms with Gasteiger partial charge in [-0.3, -0.25) is 9.69 Å². The second-order valence-corrected chi connectivity index (χ2v) is 5.10. The van der Waals surface area contributed by atoms with Gasteiger partial charge in [-0.15, -0.1) is 0 Å². The van der Waals surface area contributed by atoms with E-state index in [9.17, 15) is 4.79 Å². The van der Waals surface area contributed by atoms with Gasteiger partial charge >= 0.3 is 5.97 Å². The number of methoxy groups -OCH3 is 1. The van der Waals surface area contributed by atoms with Crippen LogP contribution in [0.2, 0.25) is 0 Å². The van der Waals surface area contributed by atoms with Crippen molar-refractivity contribution in [1.82, 2.24) is 4.90 Å². The highest BCUT2D eigenvalue weighted by atomic mass is 127. The van der Waals surface area contributed by atoms with E-state index >= 15 is 0 Å². The second-order valence-electron chi connectivity index (χ2n) is 3.93. The monoisotopic (exact) mass is 331 g/mol. The average molecular weight is 331 g/mol. The Balaban J connectivity index is 2.08. The van der Waals surface area contributed by atoms with Crippen molar-refractivity contribution in [1.29, 1.82) is 0 Å². The summed E-state index contributed by atoms with van der Waals surface area (Å²) in [6.45, 7) is 2.93. The Morgan fingerprint density at radius 3 is 2.88 bits per heavy atom. The zero-order chi connectivity index (χ0) is 11.7. The minimum absolute atomic E-state index is 0.0454. The molecule has 0 aromatic heterocycles. The van der Waals surface area contributed by atoms with Crippen molar-refractivity contribution in [2.75, 3.05) is 13.7 Å². The average Bonchev–Trinajstić information content (AvgIpc) is 3.08. The van der Waals surface area contributed by atoms with Gasteiger partial charge in [-0.1, -0.05) is 18.2 Å². The van der Waals surface area contributed by atoms with Gasteiger partial charge in [0.15, 0.2) is 0 Å². The van der Waals surface area contributed by atoms with Crippen molar-refractivity contribution in [3.05, 3.63) is 33.4 Å². The van der Waals surface area contributed by atoms with Gasteiger partial charge in [0, 0.05) is 16.2 Å². The third kappa shape index (κ3) is 2.22. The smallest absolute Gasteiger partial charge is 0.324 e. The molecule has 3 atom stereocenters. The number of hydrogen-bond donors (Lipinski definition) is 0. The predicted molar refractivity (Wildman–Crippen MR) is 70.1 cm³/mol. The summed E-state index contributed by atoms with van der Waals surface area (Å²) in [5, 5.41) is 0. The van der Waals surface area contributed by atoms with Crippen molar-refractivity contribution in [3.8, 4) is 0 Å². The maximum Gasteiger partial charge on any atom is 0.324 e. The van der Waals surface area contributed by atoms with E-state index in [0.717, 1.165) is 6.54 Å². The Kier molecular flexibility index (Phi) is 3.49. The standard InChI is InChI=1S/C12H14INO2/c1-8(9-5-3-4-6-10(9)13)14-7-11(14)12(15)16-2/h3-6,8,11H,7H2,1-2H3/t8-,11?,14-/m0/s1. The zero-order valence-corrected chi connectivity index (χ0v) is 11.5. The lowest BCUT2D eigenvalue weighted by Gasteiger charge is -2.15. The van der Waals surface area contributed by atoms with Crippen molar-refractivity contribution >= 4 is 28.6 Å². The Bertz CT molecular complexity index is 408. The van der Waals surface area contributed by atoms with E-state index in [1.54, 1.807) is 0 Å². The number of ether oxygens (including phenoxy) is 1. The summed E-state index contributed by atoms with van der Waals surface area (Å²) in [6.07, 6.45) is 0. The summed E-state index contributed by atoms with van der Waals surface area (Å²) < 4.78 is 5.98. The maximum absolute atomic E-state index is 11.3. The summed E-state index contributed by atoms with van der Waals surface area (Å²) in [7, 11) is 1.44. The molecule has 0 N–H and O–H groups in total. The number of carbonyl (C=O) groups excluding carboxylic acids is 1. The number of rotatable bonds is 3. The Labute approximate surface area is 109 Å². The molecule has 1 saturated heterocycles. The lowest BCUT2D eigenvalue weighted by Crippen LogP contribution is -2.17. The summed E-state index contributed by atoms with van der Waals surface area (Å²) in [4.78, 5) is 13.5. The first-order valence-electron chi connectivity index (χ1n) is 5.23. The van der Waals surface area contributed by atoms with E-state index in [1.807, 2.05) is 12.1 Å². The largest absolute Gasteiger partial charge is 0.468 e. The van der Waals surface area contributed by atoms with Crippen LogP contribution in [0.25, 0.3) is 0 Å². The molecule has 0 spiro atoms. The van der Waals surface area contributed by atoms with E-state index in [-0.39, 0.29) is 18.1 Å². The van der Waals surface area contributed by atoms with Crippen LogP contribution in [0, 0.1) is 3.57 Å². The summed E-state index contributed by atoms with van der Waals surface area (Å²) in [6, 6.07) is 8.48. The number of hydrogen-bond acceptors (Lipinski definition) is 3. The molecule has 1 aromatic rings. The third-order valence-electron chi connectivity index (χ3n) is 2.98. The number of carbonyl (C=O) groups is 1. The van der Waals surface area contributed by atoms with Gasteiger partial charge in [-0.2, -0.15) is 0 Å². The van der Waals surface area contributed by atoms with E-state index in [4.69, 9.17) is 4.74 Å². The quantitative estimate of drug-likeness (QED) is 0.483. The first-order valence-corrected chi connectivity index (χ1v) is 6.31. The minimum atomic E-state index is -0.127. The van der Waals surface area contributed by atoms with Gasteiger partial charge < -0.3 is 4.74 Å². The van der Waals surface area contributed by atoms with Crippen LogP contribution in [0.15, 0.2) is 24.3 Å². The van der Waals surface area contributed by atoms with Crippen LogP contribution in [-0.2, 0) is 9.53 Å². The molecule has 2 rings (SSSR count). The Morgan fingerprint density at radius 1 is 1.56 bits per heavy atom. The highest BCUT2D eigenvalue weighted by Gasteiger charge is 2.44. The number of esters is 1. The van der Waals surface area contributed by atoms with Crippen molar-refractivity contribution < 1.29 is 9.53 Å². The van der Waals surface area contributed by atoms with Gasteiger partial charge in [0.25, 0.3) is 0 Å². The topological polar surface area (TPSA) is 29.3 Å². The normalized spacial score (nSPS) is 24.9. The SMILES string of the molecule is COC(=O)C1C[N@@]1[C@@H](C)c1ccccc1I. The molecule has 86 valence electrons. The first-order chi connectivity index (χ1) is 7.65. The van der Waals surface area contributed by atoms with Crippen LogP contribution in [-0.4, -0.2) is 30.6 Å². The van der Waals surface area contributed by atoms with E-state index in [0.29, 0.717) is 0 Å². The van der Waals surface area contributed by atoms with Crippen LogP contribution >= 0.6 is 22.6 Å². The molecule has 16 heavy (non-hydrogen) atoms. The predicted octanol–water partition coefficient (Wildman–Crippen LogP) is 2.21. The summed E-state index contributed by atoms with van der Waals surface area (Å²) >= 11 is 2.33. The molecule has 1 fully saturated rings. The van der Waals surface area contributed by atoms with E-state index in [2.05, 4.69) is 46.5 Å². The fraction of sp³-hybridized carbons (Fsp3) is 0.417. The van der Waals surface area contributed by atoms with Gasteiger partial charge in [0.1, 0.15) is 6.04 Å². The molecule has 0 bridgehead atoms. The highest BCUT2D eigenvalue weighted by Crippen LogP contribution is 2.34. The number of benzene rings is 1. The molecule has 0 aliphatic carbocycles. The van der Waals surface area contributed by atoms with Crippen LogP contribution in [0.1, 0.15) is 18.5 Å². The molecule has 1 unspecified atom stereocenters. The fourth-order valence-corrected chi connectivity index (χ4v) is 2.76. The Morgan fingerprint density at radius 2 is 2.25 bits per heavy atom. The molecule has 3 nitrogen and oxygen atoms in total. The van der Waals surface area contributed by atoms with Crippen LogP contribution < -0.4 is 0 Å². The van der Waals surface area contributed by atoms with Crippen LogP contribution in [0.3, 0.4) is 0 Å². The number of halogens is 1. The zero-order valence-electron chi connectivity index (χ0n) is 9.31. The van der Waals surface area contributed by atoms with Gasteiger partial charge in [-0.05, 0) is 41.1 Å². The molecule has 0 radical (unpaired) electrons. The lowest BCUT2D eigenvalue weighted by atomic mass is 10.1. The van der Waals surface area contributed by atoms with Crippen molar-refractivity contribution in [2.45, 2.75) is 19.0 Å². The van der Waals surface area contributed by atoms with Gasteiger partial charge in [0.05, 0.1) is 7.11 Å². The molecule has 1 aromatic carbocycles. The first kappa shape index (κ1) is 11.9. The molecule has 1 aliphatic rings. The van der Waals surface area contributed by atoms with E-state index < -0.39 is 0 Å². The number of nitrogens with zero attached hydrogens (tertiary/aromatic N) is 1. The van der Waals surface area contributed by atoms with Gasteiger partial charge in [0.2, 0.25) is 0 Å². The van der Waals surface area contributed by atoms with Crippen LogP contribution in [0.4, 0.5) is 0 Å². The third-order valence-corrected chi connectivity index (χ3v) is 3.96. The molecular weight excluding hydrogens is 317 g/mol. The van der Waals surface area contributed by atoms with Crippen molar-refractivity contribution in [3.63, 3.8) is 0 Å². The molecule has 1 aliphatic heterocycles. The summed E-state index contributed by atoms with van der Waals surface area (Å²) in [5.74, 6) is -0.127. The van der Waals surface area contributed by atoms with Crippen molar-refractivity contribution in [2.24, 2.45) is 0 Å². The summed E-state index contributed by atoms with van der Waals surface area (Å²) in [5.41, 5.74) is 1.27. The maximum atomic E-state index is 11.3. The highest BCUT2D eigenvalue weighted by molar-refractivity contribution is 14.1. The molecule has 4 heteroatoms. The van der Waals surface area contributed by atoms with Crippen LogP contribution in [0.5, 0.6) is 0 Å². The Hall–Kier alpha value is -0.620. The lowest BCUT2D eigenvalue weighted by molar-refractivity contribution is -0.141. The minimum Gasteiger partial charge on any atom is -0.468 e. The molecule has 0 saturated carbocycles. The molecule has 0 amide bonds. The fourth-order valence-electron chi connectivity index (χ4n) is 1.92. The molecule has 1 heterocycles. The second kappa shape index (κ2) is 4.71. The van der Waals surface area contributed by atoms with Gasteiger partial charge in [-0.25, -0.2) is 0 Å².